The van der Waals surface area contributed by atoms with Crippen LogP contribution in [0, 0.1) is 0 Å². The molecule has 1 heterocycles. The van der Waals surface area contributed by atoms with Crippen molar-refractivity contribution in [3.05, 3.63) is 53.7 Å². The zero-order valence-electron chi connectivity index (χ0n) is 14.5. The topological polar surface area (TPSA) is 80.3 Å². The quantitative estimate of drug-likeness (QED) is 0.567. The number of anilines is 2. The van der Waals surface area contributed by atoms with Crippen LogP contribution in [-0.2, 0) is 15.7 Å². The van der Waals surface area contributed by atoms with E-state index in [1.165, 1.54) is 31.5 Å². The Labute approximate surface area is 153 Å². The predicted octanol–water partition coefficient (Wildman–Crippen LogP) is 3.53. The average Bonchev–Trinajstić information content (AvgIpc) is 2.65. The molecule has 0 radical (unpaired) electrons. The number of aromatic nitrogens is 1. The molecule has 0 saturated carbocycles. The Morgan fingerprint density at radius 3 is 2.67 bits per heavy atom. The van der Waals surface area contributed by atoms with Gasteiger partial charge in [-0.1, -0.05) is 6.07 Å². The Bertz CT molecular complexity index is 810. The van der Waals surface area contributed by atoms with Crippen molar-refractivity contribution < 1.29 is 27.5 Å². The van der Waals surface area contributed by atoms with Gasteiger partial charge in [0, 0.05) is 24.8 Å². The number of carbonyl (C=O) groups excluding carboxylic acids is 2. The highest BCUT2D eigenvalue weighted by Gasteiger charge is 2.30. The Morgan fingerprint density at radius 2 is 1.96 bits per heavy atom. The first-order valence-corrected chi connectivity index (χ1v) is 8.05. The zero-order chi connectivity index (χ0) is 19.9. The average molecular weight is 381 g/mol. The van der Waals surface area contributed by atoms with Crippen LogP contribution in [0.2, 0.25) is 0 Å². The fraction of sp³-hybridized carbons (Fsp3) is 0.278. The third-order valence-corrected chi connectivity index (χ3v) is 3.58. The summed E-state index contributed by atoms with van der Waals surface area (Å²) in [5.41, 5.74) is -0.478. The SMILES string of the molecule is COC(=O)CCCNC(=O)c1cccnc1Nc1cccc(C(F)(F)F)c1. The van der Waals surface area contributed by atoms with Crippen molar-refractivity contribution in [3.63, 3.8) is 0 Å². The van der Waals surface area contributed by atoms with Crippen LogP contribution >= 0.6 is 0 Å². The summed E-state index contributed by atoms with van der Waals surface area (Å²) >= 11 is 0. The van der Waals surface area contributed by atoms with Gasteiger partial charge in [0.1, 0.15) is 5.82 Å². The highest BCUT2D eigenvalue weighted by Crippen LogP contribution is 2.31. The molecule has 0 bridgehead atoms. The monoisotopic (exact) mass is 381 g/mol. The molecule has 0 aliphatic heterocycles. The van der Waals surface area contributed by atoms with E-state index in [9.17, 15) is 22.8 Å². The maximum absolute atomic E-state index is 12.8. The molecule has 0 spiro atoms. The maximum atomic E-state index is 12.8. The smallest absolute Gasteiger partial charge is 0.416 e. The van der Waals surface area contributed by atoms with Crippen LogP contribution < -0.4 is 10.6 Å². The molecule has 0 fully saturated rings. The second-order valence-corrected chi connectivity index (χ2v) is 5.54. The standard InChI is InChI=1S/C18H18F3N3O3/c1-27-15(25)8-4-10-23-17(26)14-7-3-9-22-16(14)24-13-6-2-5-12(11-13)18(19,20)21/h2-3,5-7,9,11H,4,8,10H2,1H3,(H,22,24)(H,23,26). The second kappa shape index (κ2) is 9.02. The van der Waals surface area contributed by atoms with Gasteiger partial charge in [-0.2, -0.15) is 13.2 Å². The van der Waals surface area contributed by atoms with E-state index in [-0.39, 0.29) is 36.0 Å². The molecular formula is C18H18F3N3O3. The summed E-state index contributed by atoms with van der Waals surface area (Å²) in [7, 11) is 1.28. The van der Waals surface area contributed by atoms with Crippen molar-refractivity contribution in [2.75, 3.05) is 19.0 Å². The van der Waals surface area contributed by atoms with Gasteiger partial charge in [-0.15, -0.1) is 0 Å². The number of rotatable bonds is 7. The molecule has 6 nitrogen and oxygen atoms in total. The number of esters is 1. The fourth-order valence-corrected chi connectivity index (χ4v) is 2.23. The number of benzene rings is 1. The van der Waals surface area contributed by atoms with E-state index < -0.39 is 17.6 Å². The summed E-state index contributed by atoms with van der Waals surface area (Å²) in [6.45, 7) is 0.242. The number of nitrogens with one attached hydrogen (secondary N) is 2. The van der Waals surface area contributed by atoms with Crippen molar-refractivity contribution in [2.45, 2.75) is 19.0 Å². The van der Waals surface area contributed by atoms with E-state index >= 15 is 0 Å². The number of pyridine rings is 1. The molecule has 144 valence electrons. The number of hydrogen-bond acceptors (Lipinski definition) is 5. The minimum Gasteiger partial charge on any atom is -0.469 e. The van der Waals surface area contributed by atoms with E-state index in [4.69, 9.17) is 0 Å². The Hall–Kier alpha value is -3.10. The molecule has 27 heavy (non-hydrogen) atoms. The van der Waals surface area contributed by atoms with Gasteiger partial charge in [0.15, 0.2) is 0 Å². The van der Waals surface area contributed by atoms with Crippen molar-refractivity contribution in [3.8, 4) is 0 Å². The molecule has 9 heteroatoms. The largest absolute Gasteiger partial charge is 0.469 e. The van der Waals surface area contributed by atoms with Crippen LogP contribution in [0.25, 0.3) is 0 Å². The number of ether oxygens (including phenoxy) is 1. The van der Waals surface area contributed by atoms with Crippen molar-refractivity contribution in [2.24, 2.45) is 0 Å². The van der Waals surface area contributed by atoms with Crippen LogP contribution in [0.15, 0.2) is 42.6 Å². The summed E-state index contributed by atoms with van der Waals surface area (Å²) in [5.74, 6) is -0.706. The lowest BCUT2D eigenvalue weighted by Crippen LogP contribution is -2.26. The molecule has 0 atom stereocenters. The van der Waals surface area contributed by atoms with Gasteiger partial charge >= 0.3 is 12.1 Å². The number of halogens is 3. The van der Waals surface area contributed by atoms with E-state index in [0.717, 1.165) is 12.1 Å². The molecule has 1 aromatic heterocycles. The summed E-state index contributed by atoms with van der Waals surface area (Å²) in [4.78, 5) is 27.4. The van der Waals surface area contributed by atoms with Gasteiger partial charge in [-0.3, -0.25) is 9.59 Å². The van der Waals surface area contributed by atoms with E-state index in [2.05, 4.69) is 20.4 Å². The first-order valence-electron chi connectivity index (χ1n) is 8.05. The summed E-state index contributed by atoms with van der Waals surface area (Å²) in [6, 6.07) is 7.65. The number of carbonyl (C=O) groups is 2. The number of alkyl halides is 3. The summed E-state index contributed by atoms with van der Waals surface area (Å²) < 4.78 is 43.0. The molecule has 2 rings (SSSR count). The van der Waals surface area contributed by atoms with Gasteiger partial charge in [0.2, 0.25) is 0 Å². The van der Waals surface area contributed by atoms with E-state index in [1.807, 2.05) is 0 Å². The lowest BCUT2D eigenvalue weighted by atomic mass is 10.2. The van der Waals surface area contributed by atoms with Crippen LogP contribution in [0.1, 0.15) is 28.8 Å². The highest BCUT2D eigenvalue weighted by molar-refractivity contribution is 5.99. The molecule has 0 aliphatic rings. The molecule has 0 saturated heterocycles. The number of nitrogens with zero attached hydrogens (tertiary/aromatic N) is 1. The van der Waals surface area contributed by atoms with Crippen LogP contribution in [-0.4, -0.2) is 30.5 Å². The third kappa shape index (κ3) is 5.98. The molecule has 2 aromatic rings. The predicted molar refractivity (Wildman–Crippen MR) is 92.5 cm³/mol. The summed E-state index contributed by atoms with van der Waals surface area (Å²) in [6.07, 6.45) is -2.49. The van der Waals surface area contributed by atoms with E-state index in [1.54, 1.807) is 6.07 Å². The molecule has 0 aliphatic carbocycles. The Balaban J connectivity index is 2.07. The third-order valence-electron chi connectivity index (χ3n) is 3.58. The number of hydrogen-bond donors (Lipinski definition) is 2. The van der Waals surface area contributed by atoms with Crippen LogP contribution in [0.3, 0.4) is 0 Å². The maximum Gasteiger partial charge on any atom is 0.416 e. The minimum atomic E-state index is -4.47. The normalized spacial score (nSPS) is 11.0. The first kappa shape index (κ1) is 20.2. The Kier molecular flexibility index (Phi) is 6.75. The molecule has 1 amide bonds. The zero-order valence-corrected chi connectivity index (χ0v) is 14.5. The molecule has 1 aromatic carbocycles. The fourth-order valence-electron chi connectivity index (χ4n) is 2.23. The molecule has 0 unspecified atom stereocenters. The van der Waals surface area contributed by atoms with Crippen molar-refractivity contribution in [1.82, 2.24) is 10.3 Å². The minimum absolute atomic E-state index is 0.127. The molecule has 2 N–H and O–H groups in total. The van der Waals surface area contributed by atoms with Gasteiger partial charge in [-0.25, -0.2) is 4.98 Å². The Morgan fingerprint density at radius 1 is 1.19 bits per heavy atom. The van der Waals surface area contributed by atoms with Gasteiger partial charge in [-0.05, 0) is 36.8 Å². The van der Waals surface area contributed by atoms with Gasteiger partial charge < -0.3 is 15.4 Å². The lowest BCUT2D eigenvalue weighted by molar-refractivity contribution is -0.140. The van der Waals surface area contributed by atoms with Gasteiger partial charge in [0.05, 0.1) is 18.2 Å². The highest BCUT2D eigenvalue weighted by atomic mass is 19.4. The van der Waals surface area contributed by atoms with Crippen molar-refractivity contribution in [1.29, 1.82) is 0 Å². The second-order valence-electron chi connectivity index (χ2n) is 5.54. The molecular weight excluding hydrogens is 363 g/mol. The van der Waals surface area contributed by atoms with E-state index in [0.29, 0.717) is 6.42 Å². The lowest BCUT2D eigenvalue weighted by Gasteiger charge is -2.13. The van der Waals surface area contributed by atoms with Gasteiger partial charge in [0.25, 0.3) is 5.91 Å². The summed E-state index contributed by atoms with van der Waals surface area (Å²) in [5, 5.41) is 5.37. The van der Waals surface area contributed by atoms with Crippen molar-refractivity contribution >= 4 is 23.4 Å². The van der Waals surface area contributed by atoms with Crippen LogP contribution in [0.5, 0.6) is 0 Å². The van der Waals surface area contributed by atoms with Crippen LogP contribution in [0.4, 0.5) is 24.7 Å². The number of amides is 1. The first-order chi connectivity index (χ1) is 12.8. The number of methoxy groups -OCH3 is 1.